The molecule has 4 heteroatoms. The van der Waals surface area contributed by atoms with Crippen LogP contribution in [-0.2, 0) is 4.79 Å². The minimum absolute atomic E-state index is 0.206. The highest BCUT2D eigenvalue weighted by Crippen LogP contribution is 2.18. The van der Waals surface area contributed by atoms with E-state index in [1.54, 1.807) is 0 Å². The van der Waals surface area contributed by atoms with Crippen LogP contribution < -0.4 is 11.1 Å². The first-order valence-corrected chi connectivity index (χ1v) is 5.88. The maximum atomic E-state index is 10.9. The van der Waals surface area contributed by atoms with Gasteiger partial charge in [-0.25, -0.2) is 0 Å². The van der Waals surface area contributed by atoms with Crippen LogP contribution in [0.3, 0.4) is 0 Å². The van der Waals surface area contributed by atoms with E-state index in [1.165, 1.54) is 0 Å². The summed E-state index contributed by atoms with van der Waals surface area (Å²) in [6.07, 6.45) is 2.77. The van der Waals surface area contributed by atoms with Crippen LogP contribution in [0, 0.1) is 0 Å². The molecule has 1 heterocycles. The Morgan fingerprint density at radius 3 is 3.08 bits per heavy atom. The first kappa shape index (κ1) is 10.9. The molecule has 0 saturated carbocycles. The normalized spacial score (nSPS) is 24.5. The van der Waals surface area contributed by atoms with Crippen LogP contribution in [0.2, 0.25) is 0 Å². The Bertz CT molecular complexity index is 175. The second kappa shape index (κ2) is 5.50. The average Bonchev–Trinajstić information content (AvgIpc) is 2.49. The number of hydrogen-bond acceptors (Lipinski definition) is 3. The largest absolute Gasteiger partial charge is 0.353 e. The van der Waals surface area contributed by atoms with Crippen LogP contribution >= 0.6 is 11.8 Å². The summed E-state index contributed by atoms with van der Waals surface area (Å²) in [5, 5.41) is 3.57. The smallest absolute Gasteiger partial charge is 0.220 e. The third kappa shape index (κ3) is 4.00. The zero-order valence-electron chi connectivity index (χ0n) is 8.08. The van der Waals surface area contributed by atoms with E-state index in [-0.39, 0.29) is 5.91 Å². The summed E-state index contributed by atoms with van der Waals surface area (Å²) in [7, 11) is 0. The van der Waals surface area contributed by atoms with Crippen LogP contribution in [-0.4, -0.2) is 29.5 Å². The second-order valence-electron chi connectivity index (χ2n) is 3.52. The van der Waals surface area contributed by atoms with Crippen LogP contribution in [0.5, 0.6) is 0 Å². The molecule has 1 aliphatic rings. The van der Waals surface area contributed by atoms with Crippen molar-refractivity contribution in [2.45, 2.75) is 37.5 Å². The Balaban J connectivity index is 2.08. The van der Waals surface area contributed by atoms with E-state index in [0.717, 1.165) is 25.1 Å². The molecule has 1 rings (SSSR count). The molecular weight excluding hydrogens is 184 g/mol. The number of nitrogens with one attached hydrogen (secondary N) is 1. The van der Waals surface area contributed by atoms with Gasteiger partial charge < -0.3 is 11.1 Å². The number of rotatable bonds is 5. The molecule has 0 aromatic carbocycles. The summed E-state index contributed by atoms with van der Waals surface area (Å²) >= 11 is 1.91. The van der Waals surface area contributed by atoms with Gasteiger partial charge in [-0.15, -0.1) is 0 Å². The molecule has 0 aromatic rings. The fourth-order valence-corrected chi connectivity index (χ4v) is 2.51. The van der Waals surface area contributed by atoms with Crippen molar-refractivity contribution in [2.24, 2.45) is 5.73 Å². The second-order valence-corrected chi connectivity index (χ2v) is 5.00. The van der Waals surface area contributed by atoms with E-state index in [0.29, 0.717) is 17.7 Å². The molecule has 1 fully saturated rings. The topological polar surface area (TPSA) is 55.1 Å². The van der Waals surface area contributed by atoms with E-state index in [4.69, 9.17) is 5.73 Å². The molecule has 0 bridgehead atoms. The summed E-state index contributed by atoms with van der Waals surface area (Å²) in [5.41, 5.74) is 5.45. The van der Waals surface area contributed by atoms with Gasteiger partial charge in [0.2, 0.25) is 5.91 Å². The van der Waals surface area contributed by atoms with Crippen LogP contribution in [0.4, 0.5) is 0 Å². The van der Waals surface area contributed by atoms with Crippen molar-refractivity contribution in [1.29, 1.82) is 0 Å². The van der Waals surface area contributed by atoms with Crippen molar-refractivity contribution in [2.75, 3.05) is 12.3 Å². The molecule has 1 saturated heterocycles. The number of thioether (sulfide) groups is 1. The minimum atomic E-state index is 0.206. The summed E-state index contributed by atoms with van der Waals surface area (Å²) in [4.78, 5) is 10.9. The Hall–Kier alpha value is -0.220. The monoisotopic (exact) mass is 202 g/mol. The van der Waals surface area contributed by atoms with E-state index < -0.39 is 0 Å². The van der Waals surface area contributed by atoms with Crippen molar-refractivity contribution in [3.63, 3.8) is 0 Å². The number of carbonyl (C=O) groups excluding carboxylic acids is 1. The van der Waals surface area contributed by atoms with Gasteiger partial charge in [0.05, 0.1) is 0 Å². The van der Waals surface area contributed by atoms with Crippen molar-refractivity contribution in [1.82, 2.24) is 5.32 Å². The summed E-state index contributed by atoms with van der Waals surface area (Å²) < 4.78 is 0. The van der Waals surface area contributed by atoms with Gasteiger partial charge >= 0.3 is 0 Å². The molecule has 13 heavy (non-hydrogen) atoms. The minimum Gasteiger partial charge on any atom is -0.353 e. The van der Waals surface area contributed by atoms with Crippen molar-refractivity contribution >= 4 is 17.7 Å². The molecule has 3 N–H and O–H groups in total. The Labute approximate surface area is 83.8 Å². The molecule has 1 aliphatic heterocycles. The molecule has 0 aromatic heterocycles. The van der Waals surface area contributed by atoms with Gasteiger partial charge in [-0.05, 0) is 19.4 Å². The molecule has 0 aliphatic carbocycles. The lowest BCUT2D eigenvalue weighted by molar-refractivity contribution is -0.119. The van der Waals surface area contributed by atoms with E-state index in [1.807, 2.05) is 11.8 Å². The molecule has 2 unspecified atom stereocenters. The van der Waals surface area contributed by atoms with Gasteiger partial charge in [0, 0.05) is 23.5 Å². The first-order valence-electron chi connectivity index (χ1n) is 4.83. The molecule has 0 spiro atoms. The van der Waals surface area contributed by atoms with Crippen molar-refractivity contribution in [3.8, 4) is 0 Å². The number of hydrogen-bond donors (Lipinski definition) is 2. The van der Waals surface area contributed by atoms with Crippen LogP contribution in [0.25, 0.3) is 0 Å². The quantitative estimate of drug-likeness (QED) is 0.691. The van der Waals surface area contributed by atoms with Crippen molar-refractivity contribution in [3.05, 3.63) is 0 Å². The maximum absolute atomic E-state index is 10.9. The summed E-state index contributed by atoms with van der Waals surface area (Å²) in [6.45, 7) is 2.94. The standard InChI is InChI=1S/C9H18N2OS/c1-7(4-5-10)13-6-8-2-3-9(12)11-8/h7-8H,2-6,10H2,1H3,(H,11,12). The SMILES string of the molecule is CC(CCN)SCC1CCC(=O)N1. The Morgan fingerprint density at radius 1 is 1.77 bits per heavy atom. The lowest BCUT2D eigenvalue weighted by atomic mass is 10.2. The molecule has 1 amide bonds. The fraction of sp³-hybridized carbons (Fsp3) is 0.889. The highest BCUT2D eigenvalue weighted by atomic mass is 32.2. The molecule has 2 atom stereocenters. The highest BCUT2D eigenvalue weighted by molar-refractivity contribution is 7.99. The van der Waals surface area contributed by atoms with E-state index in [9.17, 15) is 4.79 Å². The van der Waals surface area contributed by atoms with Gasteiger partial charge in [-0.1, -0.05) is 6.92 Å². The highest BCUT2D eigenvalue weighted by Gasteiger charge is 2.20. The summed E-state index contributed by atoms with van der Waals surface area (Å²) in [5.74, 6) is 1.24. The summed E-state index contributed by atoms with van der Waals surface area (Å²) in [6, 6.07) is 0.401. The van der Waals surface area contributed by atoms with Crippen LogP contribution in [0.1, 0.15) is 26.2 Å². The lowest BCUT2D eigenvalue weighted by Gasteiger charge is -2.13. The van der Waals surface area contributed by atoms with Crippen molar-refractivity contribution < 1.29 is 4.79 Å². The third-order valence-electron chi connectivity index (χ3n) is 2.24. The third-order valence-corrected chi connectivity index (χ3v) is 3.64. The Kier molecular flexibility index (Phi) is 4.59. The predicted molar refractivity (Wildman–Crippen MR) is 56.8 cm³/mol. The van der Waals surface area contributed by atoms with Gasteiger partial charge in [0.1, 0.15) is 0 Å². The van der Waals surface area contributed by atoms with Gasteiger partial charge in [0.25, 0.3) is 0 Å². The number of carbonyl (C=O) groups is 1. The van der Waals surface area contributed by atoms with E-state index >= 15 is 0 Å². The van der Waals surface area contributed by atoms with Gasteiger partial charge in [-0.2, -0.15) is 11.8 Å². The average molecular weight is 202 g/mol. The zero-order valence-corrected chi connectivity index (χ0v) is 8.90. The number of amides is 1. The van der Waals surface area contributed by atoms with Gasteiger partial charge in [-0.3, -0.25) is 4.79 Å². The predicted octanol–water partition coefficient (Wildman–Crippen LogP) is 0.735. The fourth-order valence-electron chi connectivity index (χ4n) is 1.40. The molecule has 3 nitrogen and oxygen atoms in total. The molecular formula is C9H18N2OS. The van der Waals surface area contributed by atoms with Gasteiger partial charge in [0.15, 0.2) is 0 Å². The van der Waals surface area contributed by atoms with Crippen LogP contribution in [0.15, 0.2) is 0 Å². The Morgan fingerprint density at radius 2 is 2.54 bits per heavy atom. The zero-order chi connectivity index (χ0) is 9.68. The first-order chi connectivity index (χ1) is 6.22. The lowest BCUT2D eigenvalue weighted by Crippen LogP contribution is -2.28. The maximum Gasteiger partial charge on any atom is 0.220 e. The van der Waals surface area contributed by atoms with E-state index in [2.05, 4.69) is 12.2 Å². The number of nitrogens with two attached hydrogens (primary N) is 1. The molecule has 0 radical (unpaired) electrons. The molecule has 76 valence electrons.